The van der Waals surface area contributed by atoms with Crippen LogP contribution in [-0.4, -0.2) is 56.6 Å². The summed E-state index contributed by atoms with van der Waals surface area (Å²) < 4.78 is 32.3. The van der Waals surface area contributed by atoms with Crippen molar-refractivity contribution in [2.24, 2.45) is 0 Å². The molecule has 236 valence electrons. The molecule has 0 heterocycles. The fraction of sp³-hybridized carbons (Fsp3) is 0.429. The number of benzene rings is 3. The maximum Gasteiger partial charge on any atom is 0.243 e. The van der Waals surface area contributed by atoms with Crippen molar-refractivity contribution in [3.8, 4) is 5.75 Å². The van der Waals surface area contributed by atoms with Crippen LogP contribution in [0.5, 0.6) is 5.75 Å². The van der Waals surface area contributed by atoms with Gasteiger partial charge in [-0.3, -0.25) is 13.9 Å². The summed E-state index contributed by atoms with van der Waals surface area (Å²) in [6, 6.07) is 24.0. The number of hydrogen-bond acceptors (Lipinski definition) is 5. The van der Waals surface area contributed by atoms with E-state index in [2.05, 4.69) is 5.32 Å². The highest BCUT2D eigenvalue weighted by atomic mass is 32.2. The number of hydrogen-bond donors (Lipinski definition) is 1. The lowest BCUT2D eigenvalue weighted by molar-refractivity contribution is -0.141. The number of nitrogens with one attached hydrogen (secondary N) is 1. The van der Waals surface area contributed by atoms with E-state index in [0.717, 1.165) is 42.4 Å². The molecule has 8 nitrogen and oxygen atoms in total. The third kappa shape index (κ3) is 9.58. The Morgan fingerprint density at radius 1 is 0.955 bits per heavy atom. The molecule has 0 radical (unpaired) electrons. The summed E-state index contributed by atoms with van der Waals surface area (Å²) in [6.45, 7) is 4.82. The molecule has 3 aromatic carbocycles. The molecular weight excluding hydrogens is 574 g/mol. The van der Waals surface area contributed by atoms with Crippen molar-refractivity contribution in [1.29, 1.82) is 0 Å². The van der Waals surface area contributed by atoms with E-state index >= 15 is 0 Å². The highest BCUT2D eigenvalue weighted by Crippen LogP contribution is 2.24. The van der Waals surface area contributed by atoms with Crippen molar-refractivity contribution >= 4 is 27.5 Å². The van der Waals surface area contributed by atoms with Gasteiger partial charge in [0.05, 0.1) is 18.6 Å². The zero-order chi connectivity index (χ0) is 31.5. The van der Waals surface area contributed by atoms with E-state index in [4.69, 9.17) is 4.74 Å². The van der Waals surface area contributed by atoms with Gasteiger partial charge in [-0.2, -0.15) is 0 Å². The fourth-order valence-electron chi connectivity index (χ4n) is 5.81. The average molecular weight is 620 g/mol. The number of amides is 2. The second-order valence-electron chi connectivity index (χ2n) is 11.6. The van der Waals surface area contributed by atoms with Crippen LogP contribution in [0.1, 0.15) is 62.1 Å². The van der Waals surface area contributed by atoms with Crippen LogP contribution in [0.15, 0.2) is 78.9 Å². The average Bonchev–Trinajstić information content (AvgIpc) is 3.51. The topological polar surface area (TPSA) is 96.0 Å². The monoisotopic (exact) mass is 619 g/mol. The van der Waals surface area contributed by atoms with Gasteiger partial charge in [-0.1, -0.05) is 73.0 Å². The van der Waals surface area contributed by atoms with Crippen molar-refractivity contribution in [3.05, 3.63) is 95.6 Å². The van der Waals surface area contributed by atoms with Gasteiger partial charge in [0.1, 0.15) is 11.8 Å². The number of aryl methyl sites for hydroxylation is 1. The molecule has 0 bridgehead atoms. The van der Waals surface area contributed by atoms with E-state index in [1.54, 1.807) is 29.2 Å². The molecular formula is C35H45N3O5S. The summed E-state index contributed by atoms with van der Waals surface area (Å²) in [5, 5.41) is 3.23. The molecule has 0 aliphatic heterocycles. The van der Waals surface area contributed by atoms with Crippen LogP contribution in [0.4, 0.5) is 5.69 Å². The highest BCUT2D eigenvalue weighted by molar-refractivity contribution is 7.92. The van der Waals surface area contributed by atoms with Crippen LogP contribution in [0.3, 0.4) is 0 Å². The van der Waals surface area contributed by atoms with Gasteiger partial charge in [-0.15, -0.1) is 0 Å². The molecule has 3 aromatic rings. The SMILES string of the molecule is CCOc1ccc(N(CCCC(=O)N(Cc2cccc(C)c2)C(Cc2ccccc2)C(=O)NC2CCCC2)S(C)(=O)=O)cc1. The number of sulfonamides is 1. The molecule has 9 heteroatoms. The van der Waals surface area contributed by atoms with Gasteiger partial charge >= 0.3 is 0 Å². The summed E-state index contributed by atoms with van der Waals surface area (Å²) in [6.07, 6.45) is 6.02. The minimum atomic E-state index is -3.60. The largest absolute Gasteiger partial charge is 0.494 e. The van der Waals surface area contributed by atoms with Crippen LogP contribution >= 0.6 is 0 Å². The van der Waals surface area contributed by atoms with Gasteiger partial charge in [0.25, 0.3) is 0 Å². The summed E-state index contributed by atoms with van der Waals surface area (Å²) in [5.41, 5.74) is 3.50. The third-order valence-corrected chi connectivity index (χ3v) is 9.19. The lowest BCUT2D eigenvalue weighted by Crippen LogP contribution is -2.52. The quantitative estimate of drug-likeness (QED) is 0.238. The Balaban J connectivity index is 1.57. The first-order valence-corrected chi connectivity index (χ1v) is 17.4. The summed E-state index contributed by atoms with van der Waals surface area (Å²) in [7, 11) is -3.60. The lowest BCUT2D eigenvalue weighted by atomic mass is 10.0. The Labute approximate surface area is 262 Å². The fourth-order valence-corrected chi connectivity index (χ4v) is 6.77. The van der Waals surface area contributed by atoms with Crippen LogP contribution in [0, 0.1) is 6.92 Å². The van der Waals surface area contributed by atoms with E-state index in [0.29, 0.717) is 30.9 Å². The number of anilines is 1. The normalized spacial score (nSPS) is 14.2. The molecule has 1 aliphatic carbocycles. The number of ether oxygens (including phenoxy) is 1. The molecule has 1 N–H and O–H groups in total. The molecule has 0 spiro atoms. The second-order valence-corrected chi connectivity index (χ2v) is 13.5. The molecule has 1 fully saturated rings. The van der Waals surface area contributed by atoms with Crippen molar-refractivity contribution in [3.63, 3.8) is 0 Å². The molecule has 4 rings (SSSR count). The van der Waals surface area contributed by atoms with Gasteiger partial charge in [0, 0.05) is 32.0 Å². The Bertz CT molecular complexity index is 1470. The van der Waals surface area contributed by atoms with Gasteiger partial charge in [-0.05, 0) is 68.5 Å². The third-order valence-electron chi connectivity index (χ3n) is 8.00. The highest BCUT2D eigenvalue weighted by Gasteiger charge is 2.32. The van der Waals surface area contributed by atoms with E-state index in [1.165, 1.54) is 10.6 Å². The van der Waals surface area contributed by atoms with E-state index in [-0.39, 0.29) is 37.4 Å². The van der Waals surface area contributed by atoms with Gasteiger partial charge in [-0.25, -0.2) is 8.42 Å². The first kappa shape index (κ1) is 33.1. The minimum Gasteiger partial charge on any atom is -0.494 e. The first-order chi connectivity index (χ1) is 21.1. The van der Waals surface area contributed by atoms with E-state index in [1.807, 2.05) is 68.4 Å². The Kier molecular flexibility index (Phi) is 11.8. The van der Waals surface area contributed by atoms with Gasteiger partial charge in [0.15, 0.2) is 0 Å². The summed E-state index contributed by atoms with van der Waals surface area (Å²) >= 11 is 0. The minimum absolute atomic E-state index is 0.0941. The number of rotatable bonds is 15. The first-order valence-electron chi connectivity index (χ1n) is 15.5. The standard InChI is InChI=1S/C35H45N3O5S/c1-4-43-32-21-19-31(20-22-32)38(44(3,41)42)23-11-18-34(39)37(26-29-15-10-12-27(2)24-29)33(25-28-13-6-5-7-14-28)35(40)36-30-16-8-9-17-30/h5-7,10,12-15,19-22,24,30,33H,4,8-9,11,16-18,23,25-26H2,1-3H3,(H,36,40). The lowest BCUT2D eigenvalue weighted by Gasteiger charge is -2.33. The molecule has 1 atom stereocenters. The summed E-state index contributed by atoms with van der Waals surface area (Å²) in [5.74, 6) is 0.329. The predicted octanol–water partition coefficient (Wildman–Crippen LogP) is 5.64. The van der Waals surface area contributed by atoms with E-state index < -0.39 is 16.1 Å². The van der Waals surface area contributed by atoms with Crippen LogP contribution in [0.2, 0.25) is 0 Å². The van der Waals surface area contributed by atoms with Crippen LogP contribution in [-0.2, 0) is 32.6 Å². The van der Waals surface area contributed by atoms with Gasteiger partial charge < -0.3 is 15.0 Å². The van der Waals surface area contributed by atoms with Crippen molar-refractivity contribution < 1.29 is 22.7 Å². The second kappa shape index (κ2) is 15.7. The Hall–Kier alpha value is -3.85. The van der Waals surface area contributed by atoms with Crippen molar-refractivity contribution in [2.45, 2.75) is 77.4 Å². The molecule has 0 aromatic heterocycles. The number of nitrogens with zero attached hydrogens (tertiary/aromatic N) is 2. The molecule has 0 saturated heterocycles. The van der Waals surface area contributed by atoms with Gasteiger partial charge in [0.2, 0.25) is 21.8 Å². The number of carbonyl (C=O) groups is 2. The Morgan fingerprint density at radius 3 is 2.27 bits per heavy atom. The van der Waals surface area contributed by atoms with E-state index in [9.17, 15) is 18.0 Å². The maximum atomic E-state index is 14.1. The number of carbonyl (C=O) groups excluding carboxylic acids is 2. The molecule has 2 amide bonds. The van der Waals surface area contributed by atoms with Crippen molar-refractivity contribution in [2.75, 3.05) is 23.7 Å². The molecule has 1 unspecified atom stereocenters. The van der Waals surface area contributed by atoms with Crippen LogP contribution < -0.4 is 14.4 Å². The molecule has 1 saturated carbocycles. The molecule has 1 aliphatic rings. The zero-order valence-electron chi connectivity index (χ0n) is 26.1. The molecule has 44 heavy (non-hydrogen) atoms. The predicted molar refractivity (Wildman–Crippen MR) is 175 cm³/mol. The Morgan fingerprint density at radius 2 is 1.64 bits per heavy atom. The zero-order valence-corrected chi connectivity index (χ0v) is 26.9. The maximum absolute atomic E-state index is 14.1. The smallest absolute Gasteiger partial charge is 0.243 e. The van der Waals surface area contributed by atoms with Crippen molar-refractivity contribution in [1.82, 2.24) is 10.2 Å². The summed E-state index contributed by atoms with van der Waals surface area (Å²) in [4.78, 5) is 29.6. The van der Waals surface area contributed by atoms with Crippen LogP contribution in [0.25, 0.3) is 0 Å².